The molecule has 1 fully saturated rings. The summed E-state index contributed by atoms with van der Waals surface area (Å²) in [5, 5.41) is 1.18. The molecule has 1 amide bonds. The van der Waals surface area contributed by atoms with Crippen LogP contribution >= 0.6 is 11.3 Å². The van der Waals surface area contributed by atoms with Crippen molar-refractivity contribution in [1.29, 1.82) is 0 Å². The Balaban J connectivity index is 1.16. The van der Waals surface area contributed by atoms with E-state index in [1.165, 1.54) is 15.3 Å². The van der Waals surface area contributed by atoms with Gasteiger partial charge in [-0.3, -0.25) is 14.6 Å². The topological polar surface area (TPSA) is 39.7 Å². The number of amides is 1. The summed E-state index contributed by atoms with van der Waals surface area (Å²) < 4.78 is 1.26. The van der Waals surface area contributed by atoms with Gasteiger partial charge in [-0.25, -0.2) is 4.98 Å². The number of rotatable bonds is 4. The number of hydrogen-bond acceptors (Lipinski definition) is 5. The molecular weight excluding hydrogens is 380 g/mol. The van der Waals surface area contributed by atoms with E-state index >= 15 is 0 Å². The number of carbonyl (C=O) groups excluding carboxylic acids is 1. The van der Waals surface area contributed by atoms with Gasteiger partial charge in [0.1, 0.15) is 5.01 Å². The lowest BCUT2D eigenvalue weighted by Crippen LogP contribution is -2.50. The highest BCUT2D eigenvalue weighted by Crippen LogP contribution is 2.32. The molecule has 0 spiro atoms. The van der Waals surface area contributed by atoms with E-state index < -0.39 is 0 Å². The molecule has 0 aliphatic carbocycles. The van der Waals surface area contributed by atoms with E-state index in [1.807, 2.05) is 17.0 Å². The first kappa shape index (κ1) is 18.7. The van der Waals surface area contributed by atoms with Gasteiger partial charge in [-0.2, -0.15) is 0 Å². The zero-order chi connectivity index (χ0) is 19.8. The van der Waals surface area contributed by atoms with Gasteiger partial charge in [0.25, 0.3) is 0 Å². The molecule has 1 aromatic heterocycles. The van der Waals surface area contributed by atoms with Crippen LogP contribution in [0.1, 0.15) is 17.5 Å². The third-order valence-electron chi connectivity index (χ3n) is 6.00. The number of benzene rings is 2. The molecule has 6 heteroatoms. The summed E-state index contributed by atoms with van der Waals surface area (Å²) in [6.07, 6.45) is 0.956. The summed E-state index contributed by atoms with van der Waals surface area (Å²) in [7, 11) is 0. The van der Waals surface area contributed by atoms with E-state index in [2.05, 4.69) is 53.1 Å². The van der Waals surface area contributed by atoms with Crippen molar-refractivity contribution in [2.45, 2.75) is 25.9 Å². The van der Waals surface area contributed by atoms with Crippen LogP contribution in [-0.2, 0) is 17.8 Å². The van der Waals surface area contributed by atoms with E-state index in [1.54, 1.807) is 11.3 Å². The molecule has 2 aliphatic heterocycles. The minimum atomic E-state index is 0.224. The molecule has 0 N–H and O–H groups in total. The number of nitrogens with zero attached hydrogens (tertiary/aromatic N) is 4. The van der Waals surface area contributed by atoms with E-state index in [9.17, 15) is 4.79 Å². The quantitative estimate of drug-likeness (QED) is 0.666. The summed E-state index contributed by atoms with van der Waals surface area (Å²) in [5.41, 5.74) is 3.48. The molecule has 0 saturated carbocycles. The lowest BCUT2D eigenvalue weighted by molar-refractivity contribution is -0.120. The van der Waals surface area contributed by atoms with Crippen molar-refractivity contribution in [2.75, 3.05) is 37.6 Å². The highest BCUT2D eigenvalue weighted by atomic mass is 32.1. The first-order chi connectivity index (χ1) is 14.2. The van der Waals surface area contributed by atoms with Gasteiger partial charge >= 0.3 is 0 Å². The number of thiazole rings is 1. The number of aromatic nitrogens is 1. The summed E-state index contributed by atoms with van der Waals surface area (Å²) in [6.45, 7) is 7.38. The van der Waals surface area contributed by atoms with Gasteiger partial charge in [0.05, 0.1) is 23.3 Å². The average Bonchev–Trinajstić information content (AvgIpc) is 3.28. The van der Waals surface area contributed by atoms with Crippen LogP contribution in [0.4, 0.5) is 5.69 Å². The van der Waals surface area contributed by atoms with E-state index in [4.69, 9.17) is 4.98 Å². The predicted octanol–water partition coefficient (Wildman–Crippen LogP) is 3.39. The van der Waals surface area contributed by atoms with E-state index in [0.29, 0.717) is 6.54 Å². The molecule has 3 aromatic rings. The molecule has 5 nitrogen and oxygen atoms in total. The van der Waals surface area contributed by atoms with E-state index in [0.717, 1.165) is 50.3 Å². The SMILES string of the molecule is C[C@@H]1Cc2ccccc2N1C(=O)CN1CCN(Cc2nc3ccccc3s2)CC1. The summed E-state index contributed by atoms with van der Waals surface area (Å²) in [4.78, 5) is 24.5. The summed E-state index contributed by atoms with van der Waals surface area (Å²) >= 11 is 1.79. The van der Waals surface area contributed by atoms with E-state index in [-0.39, 0.29) is 11.9 Å². The Bertz CT molecular complexity index is 991. The van der Waals surface area contributed by atoms with Gasteiger partial charge in [0.2, 0.25) is 5.91 Å². The molecule has 1 saturated heterocycles. The Morgan fingerprint density at radius 2 is 1.76 bits per heavy atom. The second-order valence-corrected chi connectivity index (χ2v) is 9.19. The second kappa shape index (κ2) is 7.86. The Morgan fingerprint density at radius 3 is 2.59 bits per heavy atom. The maximum Gasteiger partial charge on any atom is 0.241 e. The fraction of sp³-hybridized carbons (Fsp3) is 0.391. The Labute approximate surface area is 175 Å². The van der Waals surface area contributed by atoms with Crippen molar-refractivity contribution in [1.82, 2.24) is 14.8 Å². The van der Waals surface area contributed by atoms with Crippen molar-refractivity contribution in [3.8, 4) is 0 Å². The number of para-hydroxylation sites is 2. The van der Waals surface area contributed by atoms with Crippen LogP contribution in [0.5, 0.6) is 0 Å². The number of piperazine rings is 1. The highest BCUT2D eigenvalue weighted by Gasteiger charge is 2.31. The van der Waals surface area contributed by atoms with Gasteiger partial charge in [0.15, 0.2) is 0 Å². The van der Waals surface area contributed by atoms with Gasteiger partial charge in [-0.15, -0.1) is 11.3 Å². The largest absolute Gasteiger partial charge is 0.308 e. The number of carbonyl (C=O) groups is 1. The van der Waals surface area contributed by atoms with Crippen LogP contribution in [0.2, 0.25) is 0 Å². The fourth-order valence-corrected chi connectivity index (χ4v) is 5.51. The normalized spacial score (nSPS) is 20.3. The molecule has 150 valence electrons. The van der Waals surface area contributed by atoms with Crippen LogP contribution in [0, 0.1) is 0 Å². The smallest absolute Gasteiger partial charge is 0.241 e. The van der Waals surface area contributed by atoms with Crippen molar-refractivity contribution in [2.24, 2.45) is 0 Å². The van der Waals surface area contributed by atoms with Gasteiger partial charge in [-0.05, 0) is 37.1 Å². The number of anilines is 1. The lowest BCUT2D eigenvalue weighted by atomic mass is 10.1. The molecule has 0 unspecified atom stereocenters. The molecular formula is C23H26N4OS. The Kier molecular flexibility index (Phi) is 5.08. The van der Waals surface area contributed by atoms with Crippen molar-refractivity contribution in [3.63, 3.8) is 0 Å². The van der Waals surface area contributed by atoms with Gasteiger partial charge < -0.3 is 4.90 Å². The van der Waals surface area contributed by atoms with Crippen LogP contribution in [0.3, 0.4) is 0 Å². The zero-order valence-corrected chi connectivity index (χ0v) is 17.6. The molecule has 1 atom stereocenters. The maximum atomic E-state index is 13.0. The van der Waals surface area contributed by atoms with Gasteiger partial charge in [0, 0.05) is 37.9 Å². The molecule has 0 radical (unpaired) electrons. The maximum absolute atomic E-state index is 13.0. The number of hydrogen-bond donors (Lipinski definition) is 0. The molecule has 5 rings (SSSR count). The Morgan fingerprint density at radius 1 is 1.03 bits per heavy atom. The van der Waals surface area contributed by atoms with Crippen molar-refractivity contribution >= 4 is 33.1 Å². The number of fused-ring (bicyclic) bond motifs is 2. The molecule has 2 aliphatic rings. The second-order valence-electron chi connectivity index (χ2n) is 8.07. The minimum absolute atomic E-state index is 0.224. The minimum Gasteiger partial charge on any atom is -0.308 e. The van der Waals surface area contributed by atoms with Crippen LogP contribution < -0.4 is 4.90 Å². The zero-order valence-electron chi connectivity index (χ0n) is 16.8. The summed E-state index contributed by atoms with van der Waals surface area (Å²) in [6, 6.07) is 16.9. The van der Waals surface area contributed by atoms with Crippen LogP contribution in [0.25, 0.3) is 10.2 Å². The third-order valence-corrected chi connectivity index (χ3v) is 7.02. The van der Waals surface area contributed by atoms with Gasteiger partial charge in [-0.1, -0.05) is 30.3 Å². The molecule has 3 heterocycles. The molecule has 0 bridgehead atoms. The monoisotopic (exact) mass is 406 g/mol. The molecule has 2 aromatic carbocycles. The van der Waals surface area contributed by atoms with Crippen molar-refractivity contribution in [3.05, 3.63) is 59.1 Å². The van der Waals surface area contributed by atoms with Crippen molar-refractivity contribution < 1.29 is 4.79 Å². The average molecular weight is 407 g/mol. The van der Waals surface area contributed by atoms with Crippen LogP contribution in [0.15, 0.2) is 48.5 Å². The highest BCUT2D eigenvalue weighted by molar-refractivity contribution is 7.18. The fourth-order valence-electron chi connectivity index (χ4n) is 4.50. The van der Waals surface area contributed by atoms with Crippen LogP contribution in [-0.4, -0.2) is 59.5 Å². The first-order valence-electron chi connectivity index (χ1n) is 10.4. The first-order valence-corrected chi connectivity index (χ1v) is 11.2. The standard InChI is InChI=1S/C23H26N4OS/c1-17-14-18-6-2-4-8-20(18)27(17)23(28)16-26-12-10-25(11-13-26)15-22-24-19-7-3-5-9-21(19)29-22/h2-9,17H,10-16H2,1H3/t17-/m1/s1. The molecule has 29 heavy (non-hydrogen) atoms. The summed E-state index contributed by atoms with van der Waals surface area (Å²) in [5.74, 6) is 0.224. The predicted molar refractivity (Wildman–Crippen MR) is 118 cm³/mol. The lowest BCUT2D eigenvalue weighted by Gasteiger charge is -2.35. The third kappa shape index (κ3) is 3.80. The Hall–Kier alpha value is -2.28.